The number of aromatic nitrogens is 2. The van der Waals surface area contributed by atoms with Gasteiger partial charge in [0.25, 0.3) is 0 Å². The number of anilines is 1. The Morgan fingerprint density at radius 1 is 1.10 bits per heavy atom. The van der Waals surface area contributed by atoms with Crippen molar-refractivity contribution in [2.24, 2.45) is 0 Å². The third-order valence-electron chi connectivity index (χ3n) is 4.74. The molecule has 10 heteroatoms. The normalized spacial score (nSPS) is 14.4. The lowest BCUT2D eigenvalue weighted by Crippen LogP contribution is -2.34. The number of nitrogens with one attached hydrogen (secondary N) is 2. The Morgan fingerprint density at radius 3 is 2.71 bits per heavy atom. The Kier molecular flexibility index (Phi) is 7.45. The lowest BCUT2D eigenvalue weighted by atomic mass is 10.1. The molecule has 1 aromatic heterocycles. The van der Waals surface area contributed by atoms with E-state index in [0.717, 1.165) is 31.5 Å². The zero-order valence-corrected chi connectivity index (χ0v) is 18.9. The van der Waals surface area contributed by atoms with Gasteiger partial charge in [-0.2, -0.15) is 0 Å². The first-order valence-corrected chi connectivity index (χ1v) is 11.4. The SMILES string of the molecule is Fc1ccc(OCc2nnc(NCc3ccc(OC4CCNCC4)c(Cl)c3)s2)cc1Cl. The summed E-state index contributed by atoms with van der Waals surface area (Å²) in [6.45, 7) is 2.71. The molecule has 0 radical (unpaired) electrons. The Labute approximate surface area is 193 Å². The Hall–Kier alpha value is -2.13. The highest BCUT2D eigenvalue weighted by atomic mass is 35.5. The zero-order chi connectivity index (χ0) is 21.6. The molecule has 2 N–H and O–H groups in total. The van der Waals surface area contributed by atoms with Crippen molar-refractivity contribution in [3.05, 3.63) is 62.8 Å². The molecule has 0 unspecified atom stereocenters. The maximum Gasteiger partial charge on any atom is 0.206 e. The van der Waals surface area contributed by atoms with E-state index in [-0.39, 0.29) is 17.7 Å². The molecule has 0 spiro atoms. The first-order chi connectivity index (χ1) is 15.1. The van der Waals surface area contributed by atoms with Crippen LogP contribution in [-0.4, -0.2) is 29.4 Å². The van der Waals surface area contributed by atoms with Gasteiger partial charge in [0.15, 0.2) is 5.01 Å². The molecule has 1 aliphatic heterocycles. The topological polar surface area (TPSA) is 68.3 Å². The number of nitrogens with zero attached hydrogens (tertiary/aromatic N) is 2. The molecule has 164 valence electrons. The average molecular weight is 483 g/mol. The van der Waals surface area contributed by atoms with Gasteiger partial charge in [-0.25, -0.2) is 4.39 Å². The second-order valence-corrected chi connectivity index (χ2v) is 8.93. The molecule has 0 atom stereocenters. The highest BCUT2D eigenvalue weighted by molar-refractivity contribution is 7.15. The van der Waals surface area contributed by atoms with Gasteiger partial charge >= 0.3 is 0 Å². The number of halogens is 3. The van der Waals surface area contributed by atoms with E-state index in [2.05, 4.69) is 20.8 Å². The van der Waals surface area contributed by atoms with Crippen molar-refractivity contribution in [3.63, 3.8) is 0 Å². The molecule has 1 fully saturated rings. The van der Waals surface area contributed by atoms with E-state index in [4.69, 9.17) is 32.7 Å². The third kappa shape index (κ3) is 6.20. The summed E-state index contributed by atoms with van der Waals surface area (Å²) >= 11 is 13.6. The minimum absolute atomic E-state index is 0.0166. The standard InChI is InChI=1S/C21H21Cl2FN4O2S/c22-16-10-15(2-3-18(16)24)29-12-20-27-28-21(31-20)26-11-13-1-4-19(17(23)9-13)30-14-5-7-25-8-6-14/h1-4,9-10,14,25H,5-8,11-12H2,(H,26,28). The monoisotopic (exact) mass is 482 g/mol. The highest BCUT2D eigenvalue weighted by Crippen LogP contribution is 2.28. The summed E-state index contributed by atoms with van der Waals surface area (Å²) in [5.41, 5.74) is 1.01. The minimum atomic E-state index is -0.484. The van der Waals surface area contributed by atoms with E-state index in [0.29, 0.717) is 33.2 Å². The van der Waals surface area contributed by atoms with Gasteiger partial charge in [-0.15, -0.1) is 10.2 Å². The van der Waals surface area contributed by atoms with Crippen LogP contribution in [0.25, 0.3) is 0 Å². The number of benzene rings is 2. The van der Waals surface area contributed by atoms with Crippen LogP contribution in [0.5, 0.6) is 11.5 Å². The molecular weight excluding hydrogens is 462 g/mol. The quantitative estimate of drug-likeness (QED) is 0.453. The Morgan fingerprint density at radius 2 is 1.94 bits per heavy atom. The summed E-state index contributed by atoms with van der Waals surface area (Å²) in [5, 5.41) is 16.7. The van der Waals surface area contributed by atoms with Crippen molar-refractivity contribution in [2.45, 2.75) is 32.1 Å². The number of piperidine rings is 1. The van der Waals surface area contributed by atoms with Gasteiger partial charge in [0.2, 0.25) is 5.13 Å². The molecule has 2 aromatic carbocycles. The fourth-order valence-electron chi connectivity index (χ4n) is 3.12. The van der Waals surface area contributed by atoms with Gasteiger partial charge in [-0.1, -0.05) is 40.6 Å². The van der Waals surface area contributed by atoms with Crippen LogP contribution in [0.1, 0.15) is 23.4 Å². The van der Waals surface area contributed by atoms with Crippen LogP contribution in [0, 0.1) is 5.82 Å². The summed E-state index contributed by atoms with van der Waals surface area (Å²) in [7, 11) is 0. The molecule has 1 saturated heterocycles. The van der Waals surface area contributed by atoms with Gasteiger partial charge in [0, 0.05) is 12.6 Å². The zero-order valence-electron chi connectivity index (χ0n) is 16.5. The lowest BCUT2D eigenvalue weighted by molar-refractivity contribution is 0.162. The molecule has 3 aromatic rings. The molecule has 0 saturated carbocycles. The molecule has 31 heavy (non-hydrogen) atoms. The molecule has 1 aliphatic rings. The van der Waals surface area contributed by atoms with Crippen molar-refractivity contribution < 1.29 is 13.9 Å². The number of hydrogen-bond acceptors (Lipinski definition) is 7. The van der Waals surface area contributed by atoms with E-state index in [1.807, 2.05) is 18.2 Å². The van der Waals surface area contributed by atoms with Crippen LogP contribution in [0.15, 0.2) is 36.4 Å². The first-order valence-electron chi connectivity index (χ1n) is 9.87. The van der Waals surface area contributed by atoms with Crippen LogP contribution in [0.2, 0.25) is 10.0 Å². The fourth-order valence-corrected chi connectivity index (χ4v) is 4.18. The fraction of sp³-hybridized carbons (Fsp3) is 0.333. The highest BCUT2D eigenvalue weighted by Gasteiger charge is 2.16. The maximum absolute atomic E-state index is 13.2. The smallest absolute Gasteiger partial charge is 0.206 e. The van der Waals surface area contributed by atoms with Crippen LogP contribution in [-0.2, 0) is 13.2 Å². The molecule has 6 nitrogen and oxygen atoms in total. The van der Waals surface area contributed by atoms with E-state index in [1.54, 1.807) is 0 Å². The number of rotatable bonds is 8. The van der Waals surface area contributed by atoms with Gasteiger partial charge in [-0.05, 0) is 55.8 Å². The number of ether oxygens (including phenoxy) is 2. The Balaban J connectivity index is 1.27. The number of hydrogen-bond donors (Lipinski definition) is 2. The molecule has 0 aliphatic carbocycles. The summed E-state index contributed by atoms with van der Waals surface area (Å²) in [4.78, 5) is 0. The van der Waals surface area contributed by atoms with Crippen molar-refractivity contribution in [3.8, 4) is 11.5 Å². The van der Waals surface area contributed by atoms with Crippen molar-refractivity contribution in [1.82, 2.24) is 15.5 Å². The third-order valence-corrected chi connectivity index (χ3v) is 6.18. The molecule has 0 amide bonds. The molecule has 4 rings (SSSR count). The van der Waals surface area contributed by atoms with Crippen LogP contribution < -0.4 is 20.1 Å². The largest absolute Gasteiger partial charge is 0.489 e. The van der Waals surface area contributed by atoms with Crippen LogP contribution >= 0.6 is 34.5 Å². The summed E-state index contributed by atoms with van der Waals surface area (Å²) in [5.74, 6) is 0.702. The van der Waals surface area contributed by atoms with E-state index < -0.39 is 5.82 Å². The molecule has 0 bridgehead atoms. The van der Waals surface area contributed by atoms with Crippen LogP contribution in [0.4, 0.5) is 9.52 Å². The minimum Gasteiger partial charge on any atom is -0.489 e. The summed E-state index contributed by atoms with van der Waals surface area (Å²) in [6.07, 6.45) is 2.17. The van der Waals surface area contributed by atoms with E-state index in [9.17, 15) is 4.39 Å². The second kappa shape index (κ2) is 10.5. The molecular formula is C21H21Cl2FN4O2S. The summed E-state index contributed by atoms with van der Waals surface area (Å²) < 4.78 is 24.8. The van der Waals surface area contributed by atoms with Crippen molar-refractivity contribution in [2.75, 3.05) is 18.4 Å². The lowest BCUT2D eigenvalue weighted by Gasteiger charge is -2.24. The maximum atomic E-state index is 13.2. The van der Waals surface area contributed by atoms with Gasteiger partial charge in [0.1, 0.15) is 30.0 Å². The van der Waals surface area contributed by atoms with Crippen LogP contribution in [0.3, 0.4) is 0 Å². The predicted molar refractivity (Wildman–Crippen MR) is 121 cm³/mol. The van der Waals surface area contributed by atoms with E-state index >= 15 is 0 Å². The van der Waals surface area contributed by atoms with Gasteiger partial charge in [0.05, 0.1) is 10.0 Å². The predicted octanol–water partition coefficient (Wildman–Crippen LogP) is 5.31. The second-order valence-electron chi connectivity index (χ2n) is 7.05. The first kappa shape index (κ1) is 22.1. The van der Waals surface area contributed by atoms with Crippen molar-refractivity contribution in [1.29, 1.82) is 0 Å². The summed E-state index contributed by atoms with van der Waals surface area (Å²) in [6, 6.07) is 10.0. The molecule has 2 heterocycles. The van der Waals surface area contributed by atoms with Gasteiger partial charge < -0.3 is 20.1 Å². The Bertz CT molecular complexity index is 1030. The van der Waals surface area contributed by atoms with Crippen molar-refractivity contribution >= 4 is 39.7 Å². The van der Waals surface area contributed by atoms with Gasteiger partial charge in [-0.3, -0.25) is 0 Å². The average Bonchev–Trinajstić information content (AvgIpc) is 3.23. The van der Waals surface area contributed by atoms with E-state index in [1.165, 1.54) is 29.5 Å².